The molecule has 0 atom stereocenters. The third-order valence-electron chi connectivity index (χ3n) is 10.5. The van der Waals surface area contributed by atoms with Gasteiger partial charge in [0.05, 0.1) is 59.9 Å². The summed E-state index contributed by atoms with van der Waals surface area (Å²) in [6, 6.07) is 48.5. The van der Waals surface area contributed by atoms with Crippen LogP contribution in [0.5, 0.6) is 0 Å². The number of amides is 4. The van der Waals surface area contributed by atoms with Gasteiger partial charge < -0.3 is 5.32 Å². The molecule has 2 aliphatic heterocycles. The minimum absolute atomic E-state index is 0. The molecule has 17 heteroatoms. The highest BCUT2D eigenvalue weighted by Gasteiger charge is 2.36. The van der Waals surface area contributed by atoms with Gasteiger partial charge in [0.15, 0.2) is 10.3 Å². The van der Waals surface area contributed by atoms with E-state index in [1.54, 1.807) is 58.7 Å². The van der Waals surface area contributed by atoms with Crippen molar-refractivity contribution in [3.8, 4) is 0 Å². The number of carbonyl (C=O) groups excluding carboxylic acids is 4. The number of anilines is 2. The summed E-state index contributed by atoms with van der Waals surface area (Å²) in [6.45, 7) is 1.20. The number of aliphatic imine (C=N–C) groups is 2. The van der Waals surface area contributed by atoms with Crippen LogP contribution in [0.3, 0.4) is 0 Å². The fraction of sp³-hybridized carbons (Fsp3) is 0.160. The molecule has 0 saturated carbocycles. The van der Waals surface area contributed by atoms with Crippen molar-refractivity contribution in [2.75, 3.05) is 44.0 Å². The smallest absolute Gasteiger partial charge is 0.261 e. The lowest BCUT2D eigenvalue weighted by Gasteiger charge is -2.26. The molecule has 344 valence electrons. The predicted octanol–water partition coefficient (Wildman–Crippen LogP) is 10.8. The number of carbonyl (C=O) groups is 4. The molecule has 13 nitrogen and oxygen atoms in total. The number of fused-ring (bicyclic) bond motifs is 2. The maximum absolute atomic E-state index is 13.1. The first-order valence-corrected chi connectivity index (χ1v) is 23.3. The highest BCUT2D eigenvalue weighted by atomic mass is 127. The maximum Gasteiger partial charge on any atom is 0.261 e. The SMILES string of the molecule is CSC(=Nc1ccc(Nc2ccc(N=C(SC)N(CCN3C(=O)c4ccccc4C3=O)OCc3ccccc3)cc2)cc1)N(CCN1C(=O)c2ccccc2C1=O)OCc1ccccc1.I.I. The molecule has 0 saturated heterocycles. The summed E-state index contributed by atoms with van der Waals surface area (Å²) in [4.78, 5) is 77.4. The number of imide groups is 2. The summed E-state index contributed by atoms with van der Waals surface area (Å²) < 4.78 is 0. The molecule has 2 heterocycles. The second-order valence-corrected chi connectivity index (χ2v) is 16.3. The van der Waals surface area contributed by atoms with E-state index < -0.39 is 0 Å². The van der Waals surface area contributed by atoms with Crippen LogP contribution >= 0.6 is 71.5 Å². The lowest BCUT2D eigenvalue weighted by molar-refractivity contribution is -0.109. The van der Waals surface area contributed by atoms with E-state index in [1.807, 2.05) is 122 Å². The molecule has 2 aliphatic rings. The Hall–Kier alpha value is -5.58. The van der Waals surface area contributed by atoms with E-state index in [2.05, 4.69) is 5.32 Å². The number of nitrogens with one attached hydrogen (secondary N) is 1. The summed E-state index contributed by atoms with van der Waals surface area (Å²) in [6.07, 6.45) is 3.80. The van der Waals surface area contributed by atoms with Crippen LogP contribution in [0.1, 0.15) is 52.6 Å². The Bertz CT molecular complexity index is 2480. The number of amidine groups is 2. The first-order chi connectivity index (χ1) is 31.8. The van der Waals surface area contributed by atoms with Crippen molar-refractivity contribution in [3.05, 3.63) is 191 Å². The number of hydrogen-bond donors (Lipinski definition) is 1. The topological polar surface area (TPSA) is 136 Å². The Labute approximate surface area is 432 Å². The molecule has 0 bridgehead atoms. The Balaban J connectivity index is 0.00000370. The first kappa shape index (κ1) is 50.8. The highest BCUT2D eigenvalue weighted by molar-refractivity contribution is 14.0. The zero-order valence-corrected chi connectivity index (χ0v) is 42.8. The fourth-order valence-corrected chi connectivity index (χ4v) is 8.27. The van der Waals surface area contributed by atoms with Crippen molar-refractivity contribution in [1.82, 2.24) is 19.9 Å². The average molecular weight is 1160 g/mol. The monoisotopic (exact) mass is 1160 g/mol. The van der Waals surface area contributed by atoms with Gasteiger partial charge in [-0.2, -0.15) is 0 Å². The van der Waals surface area contributed by atoms with Crippen LogP contribution < -0.4 is 5.32 Å². The largest absolute Gasteiger partial charge is 0.356 e. The minimum Gasteiger partial charge on any atom is -0.356 e. The van der Waals surface area contributed by atoms with E-state index in [0.29, 0.717) is 44.0 Å². The molecule has 0 radical (unpaired) electrons. The Kier molecular flexibility index (Phi) is 18.5. The van der Waals surface area contributed by atoms with Crippen molar-refractivity contribution in [2.45, 2.75) is 13.2 Å². The lowest BCUT2D eigenvalue weighted by atomic mass is 10.1. The molecule has 67 heavy (non-hydrogen) atoms. The summed E-state index contributed by atoms with van der Waals surface area (Å²) in [7, 11) is 0. The molecule has 6 aromatic carbocycles. The molecule has 0 fully saturated rings. The van der Waals surface area contributed by atoms with Crippen LogP contribution in [0.4, 0.5) is 22.7 Å². The van der Waals surface area contributed by atoms with Gasteiger partial charge >= 0.3 is 0 Å². The van der Waals surface area contributed by atoms with Crippen molar-refractivity contribution < 1.29 is 28.9 Å². The van der Waals surface area contributed by atoms with Gasteiger partial charge in [0.25, 0.3) is 23.6 Å². The minimum atomic E-state index is -0.322. The van der Waals surface area contributed by atoms with E-state index in [4.69, 9.17) is 19.7 Å². The molecule has 6 aromatic rings. The number of hydroxylamine groups is 4. The number of benzene rings is 6. The van der Waals surface area contributed by atoms with Crippen LogP contribution in [0.2, 0.25) is 0 Å². The van der Waals surface area contributed by atoms with Gasteiger partial charge in [-0.05, 0) is 96.4 Å². The molecular weight excluding hydrogens is 1110 g/mol. The number of nitrogens with zero attached hydrogens (tertiary/aromatic N) is 6. The zero-order valence-electron chi connectivity index (χ0n) is 36.5. The van der Waals surface area contributed by atoms with Crippen molar-refractivity contribution >= 4 is 128 Å². The predicted molar refractivity (Wildman–Crippen MR) is 288 cm³/mol. The summed E-state index contributed by atoms with van der Waals surface area (Å²) in [5.41, 5.74) is 6.59. The van der Waals surface area contributed by atoms with E-state index in [0.717, 1.165) is 22.5 Å². The maximum atomic E-state index is 13.1. The van der Waals surface area contributed by atoms with Gasteiger partial charge in [-0.1, -0.05) is 108 Å². The number of rotatable bonds is 16. The van der Waals surface area contributed by atoms with Crippen molar-refractivity contribution in [1.29, 1.82) is 0 Å². The lowest BCUT2D eigenvalue weighted by Crippen LogP contribution is -2.40. The summed E-state index contributed by atoms with van der Waals surface area (Å²) >= 11 is 2.79. The van der Waals surface area contributed by atoms with Crippen LogP contribution in [0, 0.1) is 0 Å². The van der Waals surface area contributed by atoms with Crippen molar-refractivity contribution in [2.24, 2.45) is 9.98 Å². The third kappa shape index (κ3) is 12.5. The highest BCUT2D eigenvalue weighted by Crippen LogP contribution is 2.28. The average Bonchev–Trinajstić information content (AvgIpc) is 3.74. The second-order valence-electron chi connectivity index (χ2n) is 14.8. The Morgan fingerprint density at radius 2 is 0.791 bits per heavy atom. The van der Waals surface area contributed by atoms with Crippen LogP contribution in [0.25, 0.3) is 0 Å². The van der Waals surface area contributed by atoms with Crippen molar-refractivity contribution in [3.63, 3.8) is 0 Å². The molecule has 0 unspecified atom stereocenters. The van der Waals surface area contributed by atoms with Gasteiger partial charge in [-0.15, -0.1) is 48.0 Å². The fourth-order valence-electron chi connectivity index (χ4n) is 7.18. The van der Waals surface area contributed by atoms with Gasteiger partial charge in [0.2, 0.25) is 0 Å². The van der Waals surface area contributed by atoms with Crippen LogP contribution in [-0.2, 0) is 22.9 Å². The van der Waals surface area contributed by atoms with E-state index in [-0.39, 0.29) is 111 Å². The number of halogens is 2. The molecule has 0 spiro atoms. The number of hydrogen-bond acceptors (Lipinski definition) is 11. The molecule has 0 aromatic heterocycles. The van der Waals surface area contributed by atoms with E-state index in [1.165, 1.54) is 33.3 Å². The molecule has 1 N–H and O–H groups in total. The molecule has 8 rings (SSSR count). The van der Waals surface area contributed by atoms with Crippen LogP contribution in [-0.4, -0.2) is 92.6 Å². The summed E-state index contributed by atoms with van der Waals surface area (Å²) in [5.74, 6) is -1.29. The quantitative estimate of drug-likeness (QED) is 0.0326. The van der Waals surface area contributed by atoms with Gasteiger partial charge in [-0.25, -0.2) is 20.1 Å². The van der Waals surface area contributed by atoms with Crippen LogP contribution in [0.15, 0.2) is 168 Å². The van der Waals surface area contributed by atoms with Gasteiger partial charge in [0.1, 0.15) is 0 Å². The zero-order chi connectivity index (χ0) is 45.1. The molecule has 0 aliphatic carbocycles. The molecular formula is C50H47I2N7O6S2. The van der Waals surface area contributed by atoms with Gasteiger partial charge in [-0.3, -0.25) is 38.7 Å². The normalized spacial score (nSPS) is 13.2. The Morgan fingerprint density at radius 1 is 0.478 bits per heavy atom. The standard InChI is InChI=1S/C50H45N7O6S2.2HI/c1-64-49(56(62-33-35-13-5-3-6-14-35)31-29-54-45(58)41-17-9-10-18-42(41)46(54)59)52-39-25-21-37(22-26-39)51-38-23-27-40(28-24-38)53-50(65-2)57(63-34-36-15-7-4-8-16-36)32-30-55-47(60)43-19-11-12-20-44(43)48(55)61;;/h3-28,51H,29-34H2,1-2H3;2*1H. The number of thioether (sulfide) groups is 2. The Morgan fingerprint density at radius 3 is 1.10 bits per heavy atom. The first-order valence-electron chi connectivity index (χ1n) is 20.8. The second kappa shape index (κ2) is 24.4. The van der Waals surface area contributed by atoms with E-state index >= 15 is 0 Å². The third-order valence-corrected chi connectivity index (χ3v) is 11.9. The summed E-state index contributed by atoms with van der Waals surface area (Å²) in [5, 5.41) is 7.84. The molecule has 4 amide bonds. The van der Waals surface area contributed by atoms with Gasteiger partial charge in [0, 0.05) is 24.5 Å². The van der Waals surface area contributed by atoms with E-state index in [9.17, 15) is 19.2 Å².